The largest absolute Gasteiger partial charge is 0.468 e. The molecule has 1 saturated heterocycles. The van der Waals surface area contributed by atoms with Crippen molar-refractivity contribution in [2.75, 3.05) is 19.6 Å². The first kappa shape index (κ1) is 13.6. The van der Waals surface area contributed by atoms with Gasteiger partial charge in [0.2, 0.25) is 0 Å². The van der Waals surface area contributed by atoms with Gasteiger partial charge in [0.25, 0.3) is 0 Å². The molecule has 18 heavy (non-hydrogen) atoms. The normalized spacial score (nSPS) is 22.8. The first-order valence-corrected chi connectivity index (χ1v) is 7.19. The van der Waals surface area contributed by atoms with E-state index in [0.29, 0.717) is 6.04 Å². The van der Waals surface area contributed by atoms with Crippen molar-refractivity contribution < 1.29 is 4.42 Å². The smallest absolute Gasteiger partial charge is 0.120 e. The lowest BCUT2D eigenvalue weighted by Crippen LogP contribution is -2.38. The SMILES string of the molecule is CC(NCCN1CCCC1C(C)C)c1ccco1. The molecule has 1 fully saturated rings. The van der Waals surface area contributed by atoms with Gasteiger partial charge in [0.15, 0.2) is 0 Å². The maximum atomic E-state index is 5.40. The van der Waals surface area contributed by atoms with Gasteiger partial charge in [-0.1, -0.05) is 13.8 Å². The van der Waals surface area contributed by atoms with Crippen LogP contribution in [0, 0.1) is 5.92 Å². The Morgan fingerprint density at radius 3 is 2.94 bits per heavy atom. The molecule has 0 bridgehead atoms. The van der Waals surface area contributed by atoms with Crippen LogP contribution in [0.1, 0.15) is 45.4 Å². The zero-order valence-electron chi connectivity index (χ0n) is 11.9. The molecule has 1 N–H and O–H groups in total. The molecule has 0 aromatic carbocycles. The van der Waals surface area contributed by atoms with E-state index in [-0.39, 0.29) is 0 Å². The highest BCUT2D eigenvalue weighted by atomic mass is 16.3. The molecule has 2 heterocycles. The average Bonchev–Trinajstić information content (AvgIpc) is 2.99. The van der Waals surface area contributed by atoms with Crippen LogP contribution in [0.3, 0.4) is 0 Å². The summed E-state index contributed by atoms with van der Waals surface area (Å²) < 4.78 is 5.40. The van der Waals surface area contributed by atoms with Gasteiger partial charge in [-0.25, -0.2) is 0 Å². The molecule has 2 rings (SSSR count). The minimum absolute atomic E-state index is 0.306. The zero-order valence-corrected chi connectivity index (χ0v) is 11.9. The summed E-state index contributed by atoms with van der Waals surface area (Å²) in [6.45, 7) is 10.3. The fourth-order valence-corrected chi connectivity index (χ4v) is 2.95. The Labute approximate surface area is 111 Å². The zero-order chi connectivity index (χ0) is 13.0. The van der Waals surface area contributed by atoms with Crippen LogP contribution >= 0.6 is 0 Å². The Morgan fingerprint density at radius 1 is 1.44 bits per heavy atom. The number of furan rings is 1. The van der Waals surface area contributed by atoms with Crippen molar-refractivity contribution in [1.82, 2.24) is 10.2 Å². The molecule has 0 radical (unpaired) electrons. The summed E-state index contributed by atoms with van der Waals surface area (Å²) >= 11 is 0. The molecular weight excluding hydrogens is 224 g/mol. The van der Waals surface area contributed by atoms with Gasteiger partial charge in [-0.2, -0.15) is 0 Å². The van der Waals surface area contributed by atoms with E-state index in [9.17, 15) is 0 Å². The molecule has 2 unspecified atom stereocenters. The summed E-state index contributed by atoms with van der Waals surface area (Å²) in [5, 5.41) is 3.54. The number of nitrogens with zero attached hydrogens (tertiary/aromatic N) is 1. The Bertz CT molecular complexity index is 334. The standard InChI is InChI=1S/C15H26N2O/c1-12(2)14-6-4-9-17(14)10-8-16-13(3)15-7-5-11-18-15/h5,7,11-14,16H,4,6,8-10H2,1-3H3. The molecule has 0 aliphatic carbocycles. The lowest BCUT2D eigenvalue weighted by atomic mass is 10.0. The van der Waals surface area contributed by atoms with Crippen molar-refractivity contribution >= 4 is 0 Å². The van der Waals surface area contributed by atoms with Gasteiger partial charge < -0.3 is 9.73 Å². The summed E-state index contributed by atoms with van der Waals surface area (Å²) in [4.78, 5) is 2.63. The number of hydrogen-bond acceptors (Lipinski definition) is 3. The number of nitrogens with one attached hydrogen (secondary N) is 1. The van der Waals surface area contributed by atoms with Crippen molar-refractivity contribution in [2.24, 2.45) is 5.92 Å². The van der Waals surface area contributed by atoms with Crippen LogP contribution < -0.4 is 5.32 Å². The maximum absolute atomic E-state index is 5.40. The minimum Gasteiger partial charge on any atom is -0.468 e. The molecule has 1 aliphatic rings. The number of hydrogen-bond donors (Lipinski definition) is 1. The Kier molecular flexibility index (Phi) is 4.84. The fraction of sp³-hybridized carbons (Fsp3) is 0.733. The van der Waals surface area contributed by atoms with E-state index in [2.05, 4.69) is 31.0 Å². The van der Waals surface area contributed by atoms with E-state index in [1.165, 1.54) is 19.4 Å². The number of rotatable bonds is 6. The molecule has 0 amide bonds. The summed E-state index contributed by atoms with van der Waals surface area (Å²) in [6, 6.07) is 5.07. The minimum atomic E-state index is 0.306. The van der Waals surface area contributed by atoms with E-state index in [0.717, 1.165) is 30.8 Å². The van der Waals surface area contributed by atoms with E-state index in [4.69, 9.17) is 4.42 Å². The van der Waals surface area contributed by atoms with Crippen LogP contribution in [0.5, 0.6) is 0 Å². The topological polar surface area (TPSA) is 28.4 Å². The van der Waals surface area contributed by atoms with E-state index < -0.39 is 0 Å². The Balaban J connectivity index is 1.72. The van der Waals surface area contributed by atoms with Crippen LogP contribution in [0.25, 0.3) is 0 Å². The third-order valence-corrected chi connectivity index (χ3v) is 4.00. The molecule has 0 spiro atoms. The number of likely N-dealkylation sites (tertiary alicyclic amines) is 1. The molecular formula is C15H26N2O. The molecule has 0 saturated carbocycles. The van der Waals surface area contributed by atoms with Gasteiger partial charge in [0, 0.05) is 19.1 Å². The molecule has 3 nitrogen and oxygen atoms in total. The second-order valence-electron chi connectivity index (χ2n) is 5.68. The van der Waals surface area contributed by atoms with E-state index in [1.807, 2.05) is 12.1 Å². The monoisotopic (exact) mass is 250 g/mol. The lowest BCUT2D eigenvalue weighted by molar-refractivity contribution is 0.204. The van der Waals surface area contributed by atoms with Crippen molar-refractivity contribution in [3.05, 3.63) is 24.2 Å². The van der Waals surface area contributed by atoms with E-state index >= 15 is 0 Å². The fourth-order valence-electron chi connectivity index (χ4n) is 2.95. The molecule has 102 valence electrons. The maximum Gasteiger partial charge on any atom is 0.120 e. The first-order chi connectivity index (χ1) is 8.68. The lowest BCUT2D eigenvalue weighted by Gasteiger charge is -2.28. The molecule has 1 aromatic heterocycles. The Morgan fingerprint density at radius 2 is 2.28 bits per heavy atom. The summed E-state index contributed by atoms with van der Waals surface area (Å²) in [5.41, 5.74) is 0. The molecule has 3 heteroatoms. The van der Waals surface area contributed by atoms with Crippen molar-refractivity contribution in [3.63, 3.8) is 0 Å². The predicted molar refractivity (Wildman–Crippen MR) is 74.6 cm³/mol. The van der Waals surface area contributed by atoms with Gasteiger partial charge in [0.1, 0.15) is 5.76 Å². The van der Waals surface area contributed by atoms with E-state index in [1.54, 1.807) is 6.26 Å². The highest BCUT2D eigenvalue weighted by Crippen LogP contribution is 2.23. The third kappa shape index (κ3) is 3.36. The molecule has 1 aromatic rings. The van der Waals surface area contributed by atoms with Gasteiger partial charge in [0.05, 0.1) is 12.3 Å². The quantitative estimate of drug-likeness (QED) is 0.841. The van der Waals surface area contributed by atoms with Crippen LogP contribution in [-0.4, -0.2) is 30.6 Å². The second kappa shape index (κ2) is 6.39. The summed E-state index contributed by atoms with van der Waals surface area (Å²) in [6.07, 6.45) is 4.46. The average molecular weight is 250 g/mol. The predicted octanol–water partition coefficient (Wildman–Crippen LogP) is 3.05. The van der Waals surface area contributed by atoms with Gasteiger partial charge in [-0.05, 0) is 44.4 Å². The second-order valence-corrected chi connectivity index (χ2v) is 5.68. The summed E-state index contributed by atoms with van der Waals surface area (Å²) in [5.74, 6) is 1.80. The molecule has 2 atom stereocenters. The first-order valence-electron chi connectivity index (χ1n) is 7.19. The van der Waals surface area contributed by atoms with Crippen LogP contribution in [0.4, 0.5) is 0 Å². The van der Waals surface area contributed by atoms with Crippen molar-refractivity contribution in [2.45, 2.75) is 45.7 Å². The summed E-state index contributed by atoms with van der Waals surface area (Å²) in [7, 11) is 0. The van der Waals surface area contributed by atoms with Gasteiger partial charge in [-0.15, -0.1) is 0 Å². The third-order valence-electron chi connectivity index (χ3n) is 4.00. The highest BCUT2D eigenvalue weighted by molar-refractivity contribution is 5.02. The highest BCUT2D eigenvalue weighted by Gasteiger charge is 2.26. The van der Waals surface area contributed by atoms with Gasteiger partial charge >= 0.3 is 0 Å². The van der Waals surface area contributed by atoms with Crippen molar-refractivity contribution in [3.8, 4) is 0 Å². The van der Waals surface area contributed by atoms with Crippen LogP contribution in [0.2, 0.25) is 0 Å². The molecule has 1 aliphatic heterocycles. The van der Waals surface area contributed by atoms with Crippen LogP contribution in [-0.2, 0) is 0 Å². The Hall–Kier alpha value is -0.800. The van der Waals surface area contributed by atoms with Crippen LogP contribution in [0.15, 0.2) is 22.8 Å². The van der Waals surface area contributed by atoms with Gasteiger partial charge in [-0.3, -0.25) is 4.90 Å². The van der Waals surface area contributed by atoms with Crippen molar-refractivity contribution in [1.29, 1.82) is 0 Å².